The number of pyridine rings is 2. The van der Waals surface area contributed by atoms with E-state index in [-0.39, 0.29) is 48.4 Å². The Balaban J connectivity index is 1.68. The monoisotopic (exact) mass is 495 g/mol. The van der Waals surface area contributed by atoms with E-state index in [1.807, 2.05) is 0 Å². The molecule has 1 amide bonds. The Morgan fingerprint density at radius 3 is 2.69 bits per heavy atom. The number of hydrogen-bond acceptors (Lipinski definition) is 8. The quantitative estimate of drug-likeness (QED) is 0.429. The first-order valence-electron chi connectivity index (χ1n) is 11.4. The lowest BCUT2D eigenvalue weighted by molar-refractivity contribution is -0.189. The van der Waals surface area contributed by atoms with Crippen molar-refractivity contribution in [2.45, 2.75) is 45.4 Å². The third-order valence-electron chi connectivity index (χ3n) is 6.51. The van der Waals surface area contributed by atoms with Crippen LogP contribution in [0, 0.1) is 5.82 Å². The predicted octanol–water partition coefficient (Wildman–Crippen LogP) is 2.90. The number of esters is 2. The molecule has 2 aliphatic heterocycles. The molecule has 0 bridgehead atoms. The number of cyclic esters (lactones) is 1. The molecule has 0 spiro atoms. The van der Waals surface area contributed by atoms with Crippen LogP contribution in [0.2, 0.25) is 0 Å². The van der Waals surface area contributed by atoms with Crippen LogP contribution in [-0.4, -0.2) is 34.6 Å². The zero-order chi connectivity index (χ0) is 25.8. The van der Waals surface area contributed by atoms with Crippen LogP contribution in [0.4, 0.5) is 9.18 Å². The molecule has 10 nitrogen and oxygen atoms in total. The molecule has 0 unspecified atom stereocenters. The number of carbonyl (C=O) groups excluding carboxylic acids is 3. The molecule has 1 N–H and O–H groups in total. The molecule has 0 fully saturated rings. The number of halogens is 1. The van der Waals surface area contributed by atoms with Crippen LogP contribution < -0.4 is 15.6 Å². The van der Waals surface area contributed by atoms with Crippen molar-refractivity contribution in [2.24, 2.45) is 0 Å². The number of nitrogens with zero attached hydrogens (tertiary/aromatic N) is 2. The lowest BCUT2D eigenvalue weighted by atomic mass is 9.85. The van der Waals surface area contributed by atoms with Crippen molar-refractivity contribution >= 4 is 28.9 Å². The van der Waals surface area contributed by atoms with E-state index in [9.17, 15) is 23.6 Å². The Morgan fingerprint density at radius 2 is 2.00 bits per heavy atom. The smallest absolute Gasteiger partial charge is 0.412 e. The summed E-state index contributed by atoms with van der Waals surface area (Å²) in [7, 11) is 1.36. The van der Waals surface area contributed by atoms with Crippen molar-refractivity contribution in [3.8, 4) is 17.1 Å². The molecular weight excluding hydrogens is 473 g/mol. The molecule has 1 aromatic carbocycles. The zero-order valence-corrected chi connectivity index (χ0v) is 19.8. The van der Waals surface area contributed by atoms with E-state index >= 15 is 0 Å². The summed E-state index contributed by atoms with van der Waals surface area (Å²) >= 11 is 0. The Bertz CT molecular complexity index is 1530. The minimum atomic E-state index is -1.74. The maximum Gasteiger partial charge on any atom is 0.412 e. The molecule has 186 valence electrons. The molecule has 1 atom stereocenters. The first kappa shape index (κ1) is 23.5. The molecular formula is C25H22FN3O7. The lowest BCUT2D eigenvalue weighted by Crippen LogP contribution is -2.47. The summed E-state index contributed by atoms with van der Waals surface area (Å²) in [6.07, 6.45) is -0.695. The van der Waals surface area contributed by atoms with Crippen molar-refractivity contribution in [1.29, 1.82) is 0 Å². The van der Waals surface area contributed by atoms with Crippen LogP contribution in [0.15, 0.2) is 29.1 Å². The highest BCUT2D eigenvalue weighted by atomic mass is 19.1. The van der Waals surface area contributed by atoms with Gasteiger partial charge in [-0.15, -0.1) is 0 Å². The van der Waals surface area contributed by atoms with Gasteiger partial charge in [0.25, 0.3) is 5.56 Å². The first-order valence-corrected chi connectivity index (χ1v) is 11.4. The van der Waals surface area contributed by atoms with Crippen LogP contribution in [0.5, 0.6) is 5.75 Å². The van der Waals surface area contributed by atoms with Crippen LogP contribution in [0.1, 0.15) is 43.4 Å². The number of ether oxygens (including phenoxy) is 3. The van der Waals surface area contributed by atoms with Crippen LogP contribution in [0.25, 0.3) is 22.3 Å². The van der Waals surface area contributed by atoms with E-state index in [2.05, 4.69) is 10.3 Å². The van der Waals surface area contributed by atoms with Gasteiger partial charge >= 0.3 is 18.0 Å². The highest BCUT2D eigenvalue weighted by Gasteiger charge is 2.50. The largest absolute Gasteiger partial charge is 0.457 e. The average Bonchev–Trinajstić information content (AvgIpc) is 3.22. The number of hydrogen-bond donors (Lipinski definition) is 1. The standard InChI is InChI=1S/C25H22FN3O7/c1-4-20(30)36-25(5-2)15-8-18-21-13(10-29(18)22(31)14(15)11-34-23(25)32)6-12-7-19(35-24(33)27-3)16(26)9-17(12)28-21/h6-9H,4-5,10-11H2,1-3H3,(H,27,33)/t25-/m0/s1. The second-order valence-electron chi connectivity index (χ2n) is 8.51. The Kier molecular flexibility index (Phi) is 5.50. The minimum Gasteiger partial charge on any atom is -0.457 e. The van der Waals surface area contributed by atoms with E-state index in [1.54, 1.807) is 26.0 Å². The zero-order valence-electron chi connectivity index (χ0n) is 19.8. The predicted molar refractivity (Wildman–Crippen MR) is 124 cm³/mol. The lowest BCUT2D eigenvalue weighted by Gasteiger charge is -2.35. The van der Waals surface area contributed by atoms with Gasteiger partial charge in [0.15, 0.2) is 11.6 Å². The summed E-state index contributed by atoms with van der Waals surface area (Å²) in [5.74, 6) is -2.37. The SMILES string of the molecule is CCC(=O)O[C@]1(CC)C(=O)OCc2c1cc1n(c2=O)Cc2cc3cc(OC(=O)NC)c(F)cc3nc2-1. The van der Waals surface area contributed by atoms with Crippen molar-refractivity contribution in [1.82, 2.24) is 14.9 Å². The number of aromatic nitrogens is 2. The highest BCUT2D eigenvalue weighted by Crippen LogP contribution is 2.41. The van der Waals surface area contributed by atoms with Gasteiger partial charge in [-0.25, -0.2) is 19.0 Å². The van der Waals surface area contributed by atoms with Crippen molar-refractivity contribution in [3.63, 3.8) is 0 Å². The van der Waals surface area contributed by atoms with Gasteiger partial charge in [-0.2, -0.15) is 0 Å². The van der Waals surface area contributed by atoms with E-state index in [0.717, 1.165) is 6.07 Å². The molecule has 0 saturated heterocycles. The summed E-state index contributed by atoms with van der Waals surface area (Å²) in [5, 5.41) is 2.77. The summed E-state index contributed by atoms with van der Waals surface area (Å²) in [6, 6.07) is 5.88. The minimum absolute atomic E-state index is 0.0435. The van der Waals surface area contributed by atoms with Gasteiger partial charge in [-0.05, 0) is 24.6 Å². The number of carbonyl (C=O) groups is 3. The van der Waals surface area contributed by atoms with Gasteiger partial charge in [-0.1, -0.05) is 13.8 Å². The number of rotatable bonds is 4. The summed E-state index contributed by atoms with van der Waals surface area (Å²) in [6.45, 7) is 3.22. The van der Waals surface area contributed by atoms with Gasteiger partial charge in [0.1, 0.15) is 6.61 Å². The molecule has 36 heavy (non-hydrogen) atoms. The van der Waals surface area contributed by atoms with Crippen molar-refractivity contribution in [2.75, 3.05) is 7.05 Å². The second kappa shape index (κ2) is 8.43. The first-order chi connectivity index (χ1) is 17.2. The third kappa shape index (κ3) is 3.42. The fourth-order valence-electron chi connectivity index (χ4n) is 4.64. The van der Waals surface area contributed by atoms with Gasteiger partial charge < -0.3 is 24.1 Å². The Labute approximate surface area is 204 Å². The normalized spacial score (nSPS) is 17.6. The van der Waals surface area contributed by atoms with E-state index in [1.165, 1.54) is 17.7 Å². The molecule has 2 aromatic heterocycles. The number of amides is 1. The maximum absolute atomic E-state index is 14.6. The molecule has 0 saturated carbocycles. The molecule has 4 heterocycles. The topological polar surface area (TPSA) is 126 Å². The number of nitrogens with one attached hydrogen (secondary N) is 1. The van der Waals surface area contributed by atoms with Crippen molar-refractivity contribution in [3.05, 3.63) is 57.1 Å². The highest BCUT2D eigenvalue weighted by molar-refractivity contribution is 5.89. The van der Waals surface area contributed by atoms with Gasteiger partial charge in [0.05, 0.1) is 29.0 Å². The van der Waals surface area contributed by atoms with Gasteiger partial charge in [-0.3, -0.25) is 9.59 Å². The molecule has 2 aliphatic rings. The number of benzene rings is 1. The Hall–Kier alpha value is -4.28. The summed E-state index contributed by atoms with van der Waals surface area (Å²) in [5.41, 5.74) is 0.190. The molecule has 0 aliphatic carbocycles. The van der Waals surface area contributed by atoms with Gasteiger partial charge in [0.2, 0.25) is 5.60 Å². The summed E-state index contributed by atoms with van der Waals surface area (Å²) < 4.78 is 31.9. The average molecular weight is 495 g/mol. The van der Waals surface area contributed by atoms with Gasteiger partial charge in [0, 0.05) is 36.0 Å². The molecule has 3 aromatic rings. The fraction of sp³-hybridized carbons (Fsp3) is 0.320. The fourth-order valence-corrected chi connectivity index (χ4v) is 4.64. The van der Waals surface area contributed by atoms with Crippen molar-refractivity contribution < 1.29 is 33.0 Å². The maximum atomic E-state index is 14.6. The van der Waals surface area contributed by atoms with Crippen LogP contribution >= 0.6 is 0 Å². The molecule has 11 heteroatoms. The second-order valence-corrected chi connectivity index (χ2v) is 8.51. The van der Waals surface area contributed by atoms with E-state index in [0.29, 0.717) is 22.3 Å². The Morgan fingerprint density at radius 1 is 1.22 bits per heavy atom. The van der Waals surface area contributed by atoms with Crippen LogP contribution in [-0.2, 0) is 37.8 Å². The van der Waals surface area contributed by atoms with E-state index in [4.69, 9.17) is 14.2 Å². The van der Waals surface area contributed by atoms with Crippen LogP contribution in [0.3, 0.4) is 0 Å². The summed E-state index contributed by atoms with van der Waals surface area (Å²) in [4.78, 5) is 54.7. The van der Waals surface area contributed by atoms with E-state index < -0.39 is 35.0 Å². The number of fused-ring (bicyclic) bond motifs is 5. The molecule has 0 radical (unpaired) electrons. The molecule has 5 rings (SSSR count). The third-order valence-corrected chi connectivity index (χ3v) is 6.51.